The normalized spacial score (nSPS) is 24.6. The van der Waals surface area contributed by atoms with Crippen molar-refractivity contribution < 1.29 is 9.53 Å². The van der Waals surface area contributed by atoms with Gasteiger partial charge in [0.25, 0.3) is 5.91 Å². The number of carbonyl (C=O) groups is 1. The molecule has 2 aliphatic rings. The number of likely N-dealkylation sites (tertiary alicyclic amines) is 1. The molecule has 1 amide bonds. The van der Waals surface area contributed by atoms with Gasteiger partial charge >= 0.3 is 0 Å². The smallest absolute Gasteiger partial charge is 0.253 e. The highest BCUT2D eigenvalue weighted by Gasteiger charge is 2.41. The first-order valence-corrected chi connectivity index (χ1v) is 9.20. The van der Waals surface area contributed by atoms with Gasteiger partial charge in [0.05, 0.1) is 12.1 Å². The van der Waals surface area contributed by atoms with E-state index in [0.29, 0.717) is 6.54 Å². The summed E-state index contributed by atoms with van der Waals surface area (Å²) in [4.78, 5) is 24.9. The van der Waals surface area contributed by atoms with Gasteiger partial charge in [-0.3, -0.25) is 9.69 Å². The van der Waals surface area contributed by atoms with Crippen LogP contribution in [0.1, 0.15) is 24.8 Å². The molecule has 1 spiro atoms. The van der Waals surface area contributed by atoms with Crippen molar-refractivity contribution >= 4 is 11.6 Å². The molecular formula is C20H24N4O2. The number of ether oxygens (including phenoxy) is 1. The second-order valence-corrected chi connectivity index (χ2v) is 7.16. The van der Waals surface area contributed by atoms with Crippen LogP contribution in [0.5, 0.6) is 0 Å². The van der Waals surface area contributed by atoms with Crippen LogP contribution < -0.4 is 4.90 Å². The first-order chi connectivity index (χ1) is 12.7. The maximum absolute atomic E-state index is 12.4. The molecule has 0 aliphatic carbocycles. The molecule has 2 fully saturated rings. The lowest BCUT2D eigenvalue weighted by Crippen LogP contribution is -2.55. The highest BCUT2D eigenvalue weighted by molar-refractivity contribution is 5.95. The fraction of sp³-hybridized carbons (Fsp3) is 0.450. The van der Waals surface area contributed by atoms with E-state index >= 15 is 0 Å². The van der Waals surface area contributed by atoms with Gasteiger partial charge in [-0.1, -0.05) is 18.2 Å². The minimum absolute atomic E-state index is 0.0457. The highest BCUT2D eigenvalue weighted by Crippen LogP contribution is 2.33. The molecule has 1 aromatic carbocycles. The number of benzene rings is 1. The largest absolute Gasteiger partial charge is 0.363 e. The van der Waals surface area contributed by atoms with Crippen molar-refractivity contribution in [2.24, 2.45) is 0 Å². The first kappa shape index (κ1) is 17.1. The topological polar surface area (TPSA) is 58.6 Å². The fourth-order valence-corrected chi connectivity index (χ4v) is 3.91. The molecule has 0 N–H and O–H groups in total. The lowest BCUT2D eigenvalue weighted by molar-refractivity contribution is -0.140. The van der Waals surface area contributed by atoms with Crippen LogP contribution in [-0.4, -0.2) is 52.6 Å². The van der Waals surface area contributed by atoms with E-state index in [4.69, 9.17) is 4.74 Å². The van der Waals surface area contributed by atoms with Gasteiger partial charge in [0.2, 0.25) is 0 Å². The predicted octanol–water partition coefficient (Wildman–Crippen LogP) is 2.26. The number of rotatable bonds is 3. The Bertz CT molecular complexity index is 740. The summed E-state index contributed by atoms with van der Waals surface area (Å²) in [6, 6.07) is 9.91. The molecule has 0 saturated carbocycles. The Kier molecular flexibility index (Phi) is 4.95. The number of carbonyl (C=O) groups excluding carboxylic acids is 1. The van der Waals surface area contributed by atoms with Gasteiger partial charge in [-0.15, -0.1) is 0 Å². The highest BCUT2D eigenvalue weighted by atomic mass is 16.5. The van der Waals surface area contributed by atoms with E-state index in [2.05, 4.69) is 14.9 Å². The Morgan fingerprint density at radius 2 is 1.88 bits per heavy atom. The number of hydrogen-bond acceptors (Lipinski definition) is 5. The number of aromatic nitrogens is 2. The summed E-state index contributed by atoms with van der Waals surface area (Å²) >= 11 is 0. The number of para-hydroxylation sites is 1. The third kappa shape index (κ3) is 3.76. The van der Waals surface area contributed by atoms with Crippen LogP contribution in [0.15, 0.2) is 49.1 Å². The summed E-state index contributed by atoms with van der Waals surface area (Å²) in [5, 5.41) is 0. The summed E-state index contributed by atoms with van der Waals surface area (Å²) < 4.78 is 6.11. The maximum Gasteiger partial charge on any atom is 0.253 e. The van der Waals surface area contributed by atoms with Gasteiger partial charge in [-0.2, -0.15) is 0 Å². The molecule has 1 unspecified atom stereocenters. The first-order valence-electron chi connectivity index (χ1n) is 9.20. The molecule has 0 radical (unpaired) electrons. The number of anilines is 1. The van der Waals surface area contributed by atoms with Crippen LogP contribution >= 0.6 is 0 Å². The number of morpholine rings is 1. The van der Waals surface area contributed by atoms with Crippen molar-refractivity contribution in [3.05, 3.63) is 54.6 Å². The predicted molar refractivity (Wildman–Crippen MR) is 98.6 cm³/mol. The molecule has 26 heavy (non-hydrogen) atoms. The van der Waals surface area contributed by atoms with Crippen LogP contribution in [0.4, 0.5) is 5.69 Å². The van der Waals surface area contributed by atoms with Gasteiger partial charge in [0, 0.05) is 36.7 Å². The zero-order valence-electron chi connectivity index (χ0n) is 14.9. The minimum Gasteiger partial charge on any atom is -0.363 e. The summed E-state index contributed by atoms with van der Waals surface area (Å²) in [5.74, 6) is 0.0457. The van der Waals surface area contributed by atoms with Crippen molar-refractivity contribution in [2.45, 2.75) is 31.4 Å². The molecule has 2 aliphatic heterocycles. The van der Waals surface area contributed by atoms with Crippen LogP contribution in [0, 0.1) is 0 Å². The molecule has 1 aromatic heterocycles. The van der Waals surface area contributed by atoms with Crippen molar-refractivity contribution in [1.29, 1.82) is 0 Å². The monoisotopic (exact) mass is 352 g/mol. The van der Waals surface area contributed by atoms with E-state index in [1.54, 1.807) is 6.33 Å². The second-order valence-electron chi connectivity index (χ2n) is 7.16. The molecule has 4 rings (SSSR count). The Balaban J connectivity index is 1.44. The average molecular weight is 352 g/mol. The number of amides is 1. The van der Waals surface area contributed by atoms with Crippen LogP contribution in [0.3, 0.4) is 0 Å². The van der Waals surface area contributed by atoms with E-state index in [0.717, 1.165) is 50.1 Å². The quantitative estimate of drug-likeness (QED) is 0.848. The second kappa shape index (κ2) is 7.51. The molecule has 1 atom stereocenters. The minimum atomic E-state index is -0.244. The Labute approximate surface area is 153 Å². The van der Waals surface area contributed by atoms with Crippen molar-refractivity contribution in [1.82, 2.24) is 14.9 Å². The summed E-state index contributed by atoms with van der Waals surface area (Å²) in [6.07, 6.45) is 8.28. The van der Waals surface area contributed by atoms with Crippen LogP contribution in [0.25, 0.3) is 0 Å². The van der Waals surface area contributed by atoms with Crippen LogP contribution in [-0.2, 0) is 16.1 Å². The van der Waals surface area contributed by atoms with Crippen LogP contribution in [0.2, 0.25) is 0 Å². The SMILES string of the molecule is O=C1COC2(CCCN(Cc3cncnc3)CC2)CN1c1ccccc1. The molecule has 0 bridgehead atoms. The van der Waals surface area contributed by atoms with Crippen molar-refractivity contribution in [3.8, 4) is 0 Å². The van der Waals surface area contributed by atoms with E-state index in [1.165, 1.54) is 0 Å². The van der Waals surface area contributed by atoms with Gasteiger partial charge in [0.1, 0.15) is 12.9 Å². The van der Waals surface area contributed by atoms with E-state index in [1.807, 2.05) is 47.6 Å². The molecule has 3 heterocycles. The molecule has 6 heteroatoms. The Morgan fingerprint density at radius 3 is 2.69 bits per heavy atom. The third-order valence-electron chi connectivity index (χ3n) is 5.33. The van der Waals surface area contributed by atoms with Gasteiger partial charge < -0.3 is 9.64 Å². The van der Waals surface area contributed by atoms with Gasteiger partial charge in [-0.05, 0) is 37.9 Å². The molecule has 2 aromatic rings. The standard InChI is InChI=1S/C20H24N4O2/c25-19-14-26-20(15-24(19)18-5-2-1-3-6-18)7-4-9-23(10-8-20)13-17-11-21-16-22-12-17/h1-3,5-6,11-12,16H,4,7-10,13-15H2. The van der Waals surface area contributed by atoms with Crippen molar-refractivity contribution in [3.63, 3.8) is 0 Å². The summed E-state index contributed by atoms with van der Waals surface area (Å²) in [6.45, 7) is 3.64. The summed E-state index contributed by atoms with van der Waals surface area (Å²) in [7, 11) is 0. The number of nitrogens with zero attached hydrogens (tertiary/aromatic N) is 4. The molecule has 136 valence electrons. The molecular weight excluding hydrogens is 328 g/mol. The Hall–Kier alpha value is -2.31. The third-order valence-corrected chi connectivity index (χ3v) is 5.33. The van der Waals surface area contributed by atoms with Crippen molar-refractivity contribution in [2.75, 3.05) is 31.1 Å². The van der Waals surface area contributed by atoms with E-state index in [-0.39, 0.29) is 18.1 Å². The number of hydrogen-bond donors (Lipinski definition) is 0. The zero-order valence-corrected chi connectivity index (χ0v) is 14.9. The fourth-order valence-electron chi connectivity index (χ4n) is 3.91. The van der Waals surface area contributed by atoms with Gasteiger partial charge in [-0.25, -0.2) is 9.97 Å². The molecule has 6 nitrogen and oxygen atoms in total. The average Bonchev–Trinajstić information content (AvgIpc) is 2.88. The maximum atomic E-state index is 12.4. The molecule has 2 saturated heterocycles. The summed E-state index contributed by atoms with van der Waals surface area (Å²) in [5.41, 5.74) is 1.85. The van der Waals surface area contributed by atoms with Gasteiger partial charge in [0.15, 0.2) is 0 Å². The van der Waals surface area contributed by atoms with E-state index in [9.17, 15) is 4.79 Å². The van der Waals surface area contributed by atoms with E-state index < -0.39 is 0 Å². The Morgan fingerprint density at radius 1 is 1.08 bits per heavy atom. The lowest BCUT2D eigenvalue weighted by Gasteiger charge is -2.42. The lowest BCUT2D eigenvalue weighted by atomic mass is 9.92. The zero-order chi connectivity index (χ0) is 17.8.